The fraction of sp³-hybridized carbons (Fsp3) is 0.235. The summed E-state index contributed by atoms with van der Waals surface area (Å²) >= 11 is 0. The van der Waals surface area contributed by atoms with E-state index in [1.807, 2.05) is 19.1 Å². The zero-order chi connectivity index (χ0) is 18.8. The molecule has 0 fully saturated rings. The summed E-state index contributed by atoms with van der Waals surface area (Å²) < 4.78 is 19.7. The van der Waals surface area contributed by atoms with Gasteiger partial charge >= 0.3 is 11.7 Å². The van der Waals surface area contributed by atoms with Crippen molar-refractivity contribution in [2.24, 2.45) is 0 Å². The van der Waals surface area contributed by atoms with Crippen molar-refractivity contribution in [1.82, 2.24) is 4.72 Å². The summed E-state index contributed by atoms with van der Waals surface area (Å²) in [4.78, 5) is 27.0. The van der Waals surface area contributed by atoms with Crippen molar-refractivity contribution in [1.29, 1.82) is 0 Å². The topological polar surface area (TPSA) is 109 Å². The molecule has 25 heavy (non-hydrogen) atoms. The molecule has 0 aliphatic rings. The Bertz CT molecular complexity index is 737. The minimum Gasteiger partial charge on any atom is -0.453 e. The molecule has 1 aromatic rings. The molecule has 1 aromatic carbocycles. The van der Waals surface area contributed by atoms with Crippen molar-refractivity contribution < 1.29 is 23.3 Å². The Morgan fingerprint density at radius 2 is 2.00 bits per heavy atom. The molecule has 1 rings (SSSR count). The highest BCUT2D eigenvalue weighted by Gasteiger charge is 2.32. The SMILES string of the molecule is C=CCOC(=O)C(=[N+]=[N-])C(=O)C[C@H](C=C)NS(=O)c1ccc(C)cc1. The Kier molecular flexibility index (Phi) is 8.35. The molecule has 7 nitrogen and oxygen atoms in total. The number of benzene rings is 1. The first-order chi connectivity index (χ1) is 11.9. The lowest BCUT2D eigenvalue weighted by atomic mass is 10.1. The van der Waals surface area contributed by atoms with Crippen molar-refractivity contribution in [3.05, 3.63) is 60.7 Å². The Morgan fingerprint density at radius 3 is 2.52 bits per heavy atom. The molecule has 0 aliphatic heterocycles. The van der Waals surface area contributed by atoms with Gasteiger partial charge in [-0.2, -0.15) is 4.79 Å². The fourth-order valence-corrected chi connectivity index (χ4v) is 2.72. The number of carbonyl (C=O) groups excluding carboxylic acids is 2. The van der Waals surface area contributed by atoms with Gasteiger partial charge in [0, 0.05) is 12.5 Å². The molecular formula is C17H19N3O4S. The lowest BCUT2D eigenvalue weighted by molar-refractivity contribution is -0.141. The second-order valence-electron chi connectivity index (χ2n) is 5.00. The maximum Gasteiger partial charge on any atom is 0.441 e. The highest BCUT2D eigenvalue weighted by Crippen LogP contribution is 2.08. The molecule has 0 saturated heterocycles. The molecule has 0 bridgehead atoms. The Hall–Kier alpha value is -2.67. The minimum absolute atomic E-state index is 0.119. The van der Waals surface area contributed by atoms with Crippen LogP contribution >= 0.6 is 0 Å². The van der Waals surface area contributed by atoms with Crippen molar-refractivity contribution in [3.8, 4) is 0 Å². The number of nitrogens with one attached hydrogen (secondary N) is 1. The average molecular weight is 361 g/mol. The van der Waals surface area contributed by atoms with Crippen LogP contribution in [0.5, 0.6) is 0 Å². The molecule has 2 atom stereocenters. The van der Waals surface area contributed by atoms with Crippen LogP contribution in [-0.4, -0.2) is 39.1 Å². The van der Waals surface area contributed by atoms with E-state index in [9.17, 15) is 13.8 Å². The van der Waals surface area contributed by atoms with Crippen LogP contribution in [0.3, 0.4) is 0 Å². The summed E-state index contributed by atoms with van der Waals surface area (Å²) in [5.41, 5.74) is 9.16. The van der Waals surface area contributed by atoms with Gasteiger partial charge < -0.3 is 10.3 Å². The number of nitrogens with zero attached hydrogens (tertiary/aromatic N) is 2. The van der Waals surface area contributed by atoms with Crippen LogP contribution in [0.25, 0.3) is 5.53 Å². The predicted octanol–water partition coefficient (Wildman–Crippen LogP) is 1.52. The number of ether oxygens (including phenoxy) is 1. The van der Waals surface area contributed by atoms with Crippen LogP contribution in [0, 0.1) is 6.92 Å². The van der Waals surface area contributed by atoms with Gasteiger partial charge in [0.05, 0.1) is 4.90 Å². The Morgan fingerprint density at radius 1 is 1.36 bits per heavy atom. The third-order valence-corrected chi connectivity index (χ3v) is 4.29. The molecule has 0 aliphatic carbocycles. The van der Waals surface area contributed by atoms with Crippen LogP contribution < -0.4 is 4.72 Å². The van der Waals surface area contributed by atoms with Crippen molar-refractivity contribution >= 4 is 28.4 Å². The second kappa shape index (κ2) is 10.2. The quantitative estimate of drug-likeness (QED) is 0.170. The normalized spacial score (nSPS) is 12.4. The third-order valence-electron chi connectivity index (χ3n) is 3.07. The summed E-state index contributed by atoms with van der Waals surface area (Å²) in [6.45, 7) is 8.73. The van der Waals surface area contributed by atoms with E-state index in [2.05, 4.69) is 27.4 Å². The second-order valence-corrected chi connectivity index (χ2v) is 6.25. The maximum absolute atomic E-state index is 12.3. The first-order valence-corrected chi connectivity index (χ1v) is 8.48. The summed E-state index contributed by atoms with van der Waals surface area (Å²) in [5.74, 6) is -1.83. The molecule has 0 amide bonds. The first kappa shape index (κ1) is 20.4. The third kappa shape index (κ3) is 6.39. The summed E-state index contributed by atoms with van der Waals surface area (Å²) in [7, 11) is -1.57. The molecule has 1 N–H and O–H groups in total. The lowest BCUT2D eigenvalue weighted by Crippen LogP contribution is -2.36. The summed E-state index contributed by atoms with van der Waals surface area (Å²) in [6.07, 6.45) is 2.42. The molecule has 0 spiro atoms. The van der Waals surface area contributed by atoms with Crippen LogP contribution in [0.1, 0.15) is 12.0 Å². The van der Waals surface area contributed by atoms with Gasteiger partial charge in [0.25, 0.3) is 5.78 Å². The van der Waals surface area contributed by atoms with E-state index in [1.165, 1.54) is 12.2 Å². The monoisotopic (exact) mass is 361 g/mol. The predicted molar refractivity (Wildman–Crippen MR) is 94.1 cm³/mol. The molecule has 0 saturated carbocycles. The van der Waals surface area contributed by atoms with Gasteiger partial charge in [-0.3, -0.25) is 4.79 Å². The standard InChI is InChI=1S/C17H19N3O4S/c1-4-10-24-17(22)16(19-18)15(21)11-13(5-2)20-25(23)14-8-6-12(3)7-9-14/h4-9,13,20H,1-2,10-11H2,3H3/t13-,25?/m0/s1. The van der Waals surface area contributed by atoms with Gasteiger partial charge in [-0.1, -0.05) is 36.4 Å². The van der Waals surface area contributed by atoms with Gasteiger partial charge in [-0.15, -0.1) is 6.58 Å². The van der Waals surface area contributed by atoms with E-state index in [0.717, 1.165) is 5.56 Å². The van der Waals surface area contributed by atoms with Crippen LogP contribution in [0.4, 0.5) is 0 Å². The molecule has 8 heteroatoms. The number of hydrogen-bond donors (Lipinski definition) is 1. The first-order valence-electron chi connectivity index (χ1n) is 7.33. The Balaban J connectivity index is 2.75. The van der Waals surface area contributed by atoms with Crippen molar-refractivity contribution in [2.45, 2.75) is 24.3 Å². The highest BCUT2D eigenvalue weighted by atomic mass is 32.2. The van der Waals surface area contributed by atoms with Gasteiger partial charge in [-0.05, 0) is 19.1 Å². The lowest BCUT2D eigenvalue weighted by Gasteiger charge is -2.12. The average Bonchev–Trinajstić information content (AvgIpc) is 2.60. The van der Waals surface area contributed by atoms with Gasteiger partial charge in [0.15, 0.2) is 0 Å². The van der Waals surface area contributed by atoms with Crippen molar-refractivity contribution in [3.63, 3.8) is 0 Å². The maximum atomic E-state index is 12.3. The number of Topliss-reactive ketones (excluding diaryl/α,β-unsaturated/α-hetero) is 1. The van der Waals surface area contributed by atoms with E-state index < -0.39 is 34.5 Å². The van der Waals surface area contributed by atoms with Crippen LogP contribution in [0.15, 0.2) is 54.5 Å². The van der Waals surface area contributed by atoms with E-state index in [1.54, 1.807) is 12.1 Å². The van der Waals surface area contributed by atoms with E-state index in [4.69, 9.17) is 5.53 Å². The fourth-order valence-electron chi connectivity index (χ4n) is 1.75. The highest BCUT2D eigenvalue weighted by molar-refractivity contribution is 7.83. The number of rotatable bonds is 10. The molecule has 0 heterocycles. The number of aryl methyl sites for hydroxylation is 1. The smallest absolute Gasteiger partial charge is 0.441 e. The zero-order valence-corrected chi connectivity index (χ0v) is 14.6. The summed E-state index contributed by atoms with van der Waals surface area (Å²) in [6, 6.07) is 6.34. The zero-order valence-electron chi connectivity index (χ0n) is 13.8. The minimum atomic E-state index is -1.57. The number of esters is 1. The van der Waals surface area contributed by atoms with E-state index in [-0.39, 0.29) is 13.0 Å². The van der Waals surface area contributed by atoms with Crippen molar-refractivity contribution in [2.75, 3.05) is 6.61 Å². The molecule has 0 radical (unpaired) electrons. The molecule has 0 aromatic heterocycles. The molecule has 132 valence electrons. The molecular weight excluding hydrogens is 342 g/mol. The largest absolute Gasteiger partial charge is 0.453 e. The van der Waals surface area contributed by atoms with Crippen LogP contribution in [-0.2, 0) is 25.3 Å². The molecule has 1 unspecified atom stereocenters. The van der Waals surface area contributed by atoms with E-state index in [0.29, 0.717) is 4.90 Å². The van der Waals surface area contributed by atoms with Gasteiger partial charge in [0.2, 0.25) is 0 Å². The Labute approximate surface area is 148 Å². The van der Waals surface area contributed by atoms with Gasteiger partial charge in [-0.25, -0.2) is 13.7 Å². The number of carbonyl (C=O) groups is 2. The van der Waals surface area contributed by atoms with Crippen LogP contribution in [0.2, 0.25) is 0 Å². The van der Waals surface area contributed by atoms with Gasteiger partial charge in [0.1, 0.15) is 17.6 Å². The van der Waals surface area contributed by atoms with E-state index >= 15 is 0 Å². The number of ketones is 1. The summed E-state index contributed by atoms with van der Waals surface area (Å²) in [5, 5.41) is 0. The number of hydrogen-bond acceptors (Lipinski definition) is 4.